The van der Waals surface area contributed by atoms with Crippen LogP contribution in [0.25, 0.3) is 0 Å². The van der Waals surface area contributed by atoms with Gasteiger partial charge in [0.1, 0.15) is 18.1 Å². The van der Waals surface area contributed by atoms with Gasteiger partial charge in [0.25, 0.3) is 0 Å². The van der Waals surface area contributed by atoms with Crippen molar-refractivity contribution >= 4 is 36.3 Å². The van der Waals surface area contributed by atoms with Crippen molar-refractivity contribution < 1.29 is 24.3 Å². The van der Waals surface area contributed by atoms with E-state index < -0.39 is 47.9 Å². The molecular weight excluding hydrogens is 504 g/mol. The molecule has 0 bridgehead atoms. The summed E-state index contributed by atoms with van der Waals surface area (Å²) >= 11 is 4.13. The number of carboxylic acids is 1. The Morgan fingerprint density at radius 2 is 1.19 bits per heavy atom. The van der Waals surface area contributed by atoms with Crippen LogP contribution in [0.1, 0.15) is 17.1 Å². The highest BCUT2D eigenvalue weighted by Gasteiger charge is 2.30. The molecule has 0 aliphatic carbocycles. The van der Waals surface area contributed by atoms with Crippen molar-refractivity contribution in [3.63, 3.8) is 0 Å². The van der Waals surface area contributed by atoms with Crippen LogP contribution < -0.4 is 21.7 Å². The van der Waals surface area contributed by atoms with E-state index in [0.29, 0.717) is 17.1 Å². The summed E-state index contributed by atoms with van der Waals surface area (Å²) in [6.07, 6.45) is 8.91. The van der Waals surface area contributed by atoms with Gasteiger partial charge in [-0.2, -0.15) is 12.6 Å². The maximum Gasteiger partial charge on any atom is 0.326 e. The smallest absolute Gasteiger partial charge is 0.326 e. The van der Waals surface area contributed by atoms with Gasteiger partial charge in [0.15, 0.2) is 0 Å². The predicted molar refractivity (Wildman–Crippen MR) is 132 cm³/mol. The maximum atomic E-state index is 13.1. The lowest BCUT2D eigenvalue weighted by molar-refractivity contribution is -0.142. The normalized spacial score (nSPS) is 14.2. The summed E-state index contributed by atoms with van der Waals surface area (Å²) in [5, 5.41) is 17.0. The highest BCUT2D eigenvalue weighted by atomic mass is 32.1. The molecule has 4 unspecified atom stereocenters. The Kier molecular flexibility index (Phi) is 9.79. The first-order valence-electron chi connectivity index (χ1n) is 11.2. The minimum absolute atomic E-state index is 0.0346. The van der Waals surface area contributed by atoms with Gasteiger partial charge in [-0.25, -0.2) is 19.7 Å². The Morgan fingerprint density at radius 3 is 1.65 bits per heavy atom. The van der Waals surface area contributed by atoms with Crippen molar-refractivity contribution in [2.24, 2.45) is 5.73 Å². The predicted octanol–water partition coefficient (Wildman–Crippen LogP) is -2.32. The molecule has 37 heavy (non-hydrogen) atoms. The third-order valence-electron chi connectivity index (χ3n) is 5.35. The largest absolute Gasteiger partial charge is 0.480 e. The second-order valence-corrected chi connectivity index (χ2v) is 8.52. The van der Waals surface area contributed by atoms with Crippen molar-refractivity contribution in [1.82, 2.24) is 45.9 Å². The summed E-state index contributed by atoms with van der Waals surface area (Å²) in [5.74, 6) is -3.42. The average Bonchev–Trinajstić information content (AvgIpc) is 3.65. The highest BCUT2D eigenvalue weighted by molar-refractivity contribution is 7.80. The Labute approximate surface area is 216 Å². The molecule has 16 heteroatoms. The van der Waals surface area contributed by atoms with E-state index in [2.05, 4.69) is 58.5 Å². The molecule has 0 fully saturated rings. The number of hydrogen-bond donors (Lipinski definition) is 9. The molecule has 0 radical (unpaired) electrons. The number of aliphatic carboxylic acids is 1. The number of aromatic nitrogens is 6. The summed E-state index contributed by atoms with van der Waals surface area (Å²) in [4.78, 5) is 70.4. The monoisotopic (exact) mass is 532 g/mol. The highest BCUT2D eigenvalue weighted by Crippen LogP contribution is 2.04. The van der Waals surface area contributed by atoms with Gasteiger partial charge in [-0.1, -0.05) is 0 Å². The first-order valence-corrected chi connectivity index (χ1v) is 11.8. The van der Waals surface area contributed by atoms with Crippen molar-refractivity contribution in [3.05, 3.63) is 54.7 Å². The quantitative estimate of drug-likeness (QED) is 0.101. The topological polar surface area (TPSA) is 237 Å². The second kappa shape index (κ2) is 13.2. The van der Waals surface area contributed by atoms with Crippen LogP contribution in [0.3, 0.4) is 0 Å². The Balaban J connectivity index is 1.66. The molecule has 0 saturated heterocycles. The SMILES string of the molecule is NC(Cc1cnc[nH]1)C(=O)NC(Cc1cnc[nH]1)C(=O)NC(CS)C(=O)NC(Cc1cnc[nH]1)C(=O)O. The maximum absolute atomic E-state index is 13.1. The number of rotatable bonds is 14. The summed E-state index contributed by atoms with van der Waals surface area (Å²) in [6, 6.07) is -4.54. The van der Waals surface area contributed by atoms with Crippen LogP contribution >= 0.6 is 12.6 Å². The molecule has 3 aromatic rings. The Hall–Kier alpha value is -4.18. The van der Waals surface area contributed by atoms with E-state index in [-0.39, 0.29) is 25.0 Å². The summed E-state index contributed by atoms with van der Waals surface area (Å²) in [7, 11) is 0. The molecule has 3 aromatic heterocycles. The molecule has 3 amide bonds. The van der Waals surface area contributed by atoms with E-state index in [9.17, 15) is 24.3 Å². The van der Waals surface area contributed by atoms with Crippen molar-refractivity contribution in [3.8, 4) is 0 Å². The van der Waals surface area contributed by atoms with Crippen molar-refractivity contribution in [2.45, 2.75) is 43.4 Å². The van der Waals surface area contributed by atoms with E-state index in [1.807, 2.05) is 0 Å². The molecule has 3 rings (SSSR count). The van der Waals surface area contributed by atoms with Crippen LogP contribution in [0, 0.1) is 0 Å². The number of carbonyl (C=O) groups excluding carboxylic acids is 3. The number of nitrogens with one attached hydrogen (secondary N) is 6. The number of nitrogens with zero attached hydrogens (tertiary/aromatic N) is 3. The minimum Gasteiger partial charge on any atom is -0.480 e. The number of H-pyrrole nitrogens is 3. The zero-order chi connectivity index (χ0) is 26.8. The number of thiol groups is 1. The third kappa shape index (κ3) is 8.18. The van der Waals surface area contributed by atoms with Crippen LogP contribution in [0.4, 0.5) is 0 Å². The first-order chi connectivity index (χ1) is 17.8. The van der Waals surface area contributed by atoms with Gasteiger partial charge in [0, 0.05) is 60.7 Å². The first kappa shape index (κ1) is 27.4. The fraction of sp³-hybridized carbons (Fsp3) is 0.381. The lowest BCUT2D eigenvalue weighted by Gasteiger charge is -2.24. The molecule has 0 saturated carbocycles. The van der Waals surface area contributed by atoms with Gasteiger partial charge in [-0.3, -0.25) is 14.4 Å². The van der Waals surface area contributed by atoms with E-state index in [1.54, 1.807) is 0 Å². The van der Waals surface area contributed by atoms with Crippen LogP contribution in [0.2, 0.25) is 0 Å². The molecule has 15 nitrogen and oxygen atoms in total. The van der Waals surface area contributed by atoms with E-state index >= 15 is 0 Å². The number of imidazole rings is 3. The lowest BCUT2D eigenvalue weighted by Crippen LogP contribution is -2.58. The fourth-order valence-electron chi connectivity index (χ4n) is 3.39. The standard InChI is InChI=1S/C21H28N10O5S/c22-14(1-11-4-23-8-26-11)18(32)29-15(2-12-5-24-9-27-12)19(33)31-17(7-37)20(34)30-16(21(35)36)3-13-6-25-10-28-13/h4-6,8-10,14-17,37H,1-3,7,22H2,(H,23,26)(H,24,27)(H,25,28)(H,29,32)(H,30,34)(H,31,33)(H,35,36). The molecule has 4 atom stereocenters. The van der Waals surface area contributed by atoms with Gasteiger partial charge in [0.2, 0.25) is 17.7 Å². The van der Waals surface area contributed by atoms with Crippen molar-refractivity contribution in [2.75, 3.05) is 5.75 Å². The number of amides is 3. The summed E-state index contributed by atoms with van der Waals surface area (Å²) in [5.41, 5.74) is 7.70. The van der Waals surface area contributed by atoms with Crippen molar-refractivity contribution in [1.29, 1.82) is 0 Å². The van der Waals surface area contributed by atoms with Crippen LogP contribution in [-0.2, 0) is 38.4 Å². The zero-order valence-electron chi connectivity index (χ0n) is 19.5. The number of nitrogens with two attached hydrogens (primary N) is 1. The molecule has 9 N–H and O–H groups in total. The van der Waals surface area contributed by atoms with E-state index in [4.69, 9.17) is 5.73 Å². The van der Waals surface area contributed by atoms with Gasteiger partial charge in [-0.15, -0.1) is 0 Å². The number of hydrogen-bond acceptors (Lipinski definition) is 9. The van der Waals surface area contributed by atoms with E-state index in [1.165, 1.54) is 37.6 Å². The molecule has 0 aromatic carbocycles. The molecule has 0 aliphatic rings. The zero-order valence-corrected chi connectivity index (χ0v) is 20.4. The van der Waals surface area contributed by atoms with Crippen LogP contribution in [0.15, 0.2) is 37.6 Å². The molecule has 0 aliphatic heterocycles. The lowest BCUT2D eigenvalue weighted by atomic mass is 10.1. The molecular formula is C21H28N10O5S. The van der Waals surface area contributed by atoms with E-state index in [0.717, 1.165) is 0 Å². The summed E-state index contributed by atoms with van der Waals surface area (Å²) < 4.78 is 0. The van der Waals surface area contributed by atoms with Crippen LogP contribution in [0.5, 0.6) is 0 Å². The summed E-state index contributed by atoms with van der Waals surface area (Å²) in [6.45, 7) is 0. The third-order valence-corrected chi connectivity index (χ3v) is 5.72. The second-order valence-electron chi connectivity index (χ2n) is 8.15. The Morgan fingerprint density at radius 1 is 0.757 bits per heavy atom. The van der Waals surface area contributed by atoms with Gasteiger partial charge >= 0.3 is 5.97 Å². The molecule has 0 spiro atoms. The average molecular weight is 533 g/mol. The minimum atomic E-state index is -1.27. The Bertz CT molecular complexity index is 1150. The number of carbonyl (C=O) groups is 4. The molecule has 198 valence electrons. The fourth-order valence-corrected chi connectivity index (χ4v) is 3.64. The number of carboxylic acid groups (broad SMARTS) is 1. The van der Waals surface area contributed by atoms with Gasteiger partial charge in [0.05, 0.1) is 25.0 Å². The molecule has 3 heterocycles. The van der Waals surface area contributed by atoms with Gasteiger partial charge in [-0.05, 0) is 0 Å². The van der Waals surface area contributed by atoms with Crippen LogP contribution in [-0.4, -0.2) is 88.6 Å². The van der Waals surface area contributed by atoms with Gasteiger partial charge < -0.3 is 41.7 Å². The number of aromatic amines is 3.